The third-order valence-electron chi connectivity index (χ3n) is 3.47. The van der Waals surface area contributed by atoms with E-state index < -0.39 is 0 Å². The molecule has 1 aliphatic heterocycles. The van der Waals surface area contributed by atoms with Crippen LogP contribution in [0.5, 0.6) is 0 Å². The molecule has 3 rings (SSSR count). The lowest BCUT2D eigenvalue weighted by molar-refractivity contribution is 0.218. The predicted octanol–water partition coefficient (Wildman–Crippen LogP) is 1.95. The Labute approximate surface area is 101 Å². The van der Waals surface area contributed by atoms with Crippen LogP contribution in [0.1, 0.15) is 25.0 Å². The normalized spacial score (nSPS) is 17.7. The van der Waals surface area contributed by atoms with E-state index in [1.165, 1.54) is 32.4 Å². The summed E-state index contributed by atoms with van der Waals surface area (Å²) in [6.45, 7) is 3.40. The second-order valence-corrected chi connectivity index (χ2v) is 4.82. The lowest BCUT2D eigenvalue weighted by atomic mass is 10.1. The second kappa shape index (κ2) is 4.45. The number of piperidine rings is 1. The van der Waals surface area contributed by atoms with Crippen molar-refractivity contribution in [3.05, 3.63) is 24.0 Å². The highest BCUT2D eigenvalue weighted by Gasteiger charge is 2.11. The Balaban J connectivity index is 1.82. The Hall–Kier alpha value is -1.42. The topological polar surface area (TPSA) is 34.0 Å². The Morgan fingerprint density at radius 1 is 1.18 bits per heavy atom. The standard InChI is InChI=1S/C13H18N4/c1-16-13-11(9-14-16)5-6-12(15-13)10-17-7-3-2-4-8-17/h5-6,9H,2-4,7-8,10H2,1H3. The van der Waals surface area contributed by atoms with Gasteiger partial charge in [-0.25, -0.2) is 4.98 Å². The first-order chi connectivity index (χ1) is 8.33. The summed E-state index contributed by atoms with van der Waals surface area (Å²) in [4.78, 5) is 7.18. The van der Waals surface area contributed by atoms with E-state index in [0.717, 1.165) is 23.3 Å². The fourth-order valence-electron chi connectivity index (χ4n) is 2.50. The number of hydrogen-bond acceptors (Lipinski definition) is 3. The van der Waals surface area contributed by atoms with Gasteiger partial charge in [-0.15, -0.1) is 0 Å². The minimum atomic E-state index is 0.973. The zero-order valence-corrected chi connectivity index (χ0v) is 10.3. The maximum Gasteiger partial charge on any atom is 0.157 e. The number of nitrogens with zero attached hydrogens (tertiary/aromatic N) is 4. The summed E-state index contributed by atoms with van der Waals surface area (Å²) in [5.41, 5.74) is 2.14. The van der Waals surface area contributed by atoms with Crippen molar-refractivity contribution < 1.29 is 0 Å². The van der Waals surface area contributed by atoms with Crippen LogP contribution in [-0.4, -0.2) is 32.8 Å². The molecule has 0 amide bonds. The summed E-state index contributed by atoms with van der Waals surface area (Å²) in [6, 6.07) is 4.24. The molecular weight excluding hydrogens is 212 g/mol. The Morgan fingerprint density at radius 3 is 2.82 bits per heavy atom. The van der Waals surface area contributed by atoms with Gasteiger partial charge in [0.1, 0.15) is 0 Å². The number of aryl methyl sites for hydroxylation is 1. The highest BCUT2D eigenvalue weighted by Crippen LogP contribution is 2.15. The largest absolute Gasteiger partial charge is 0.298 e. The zero-order chi connectivity index (χ0) is 11.7. The van der Waals surface area contributed by atoms with Crippen LogP contribution in [0, 0.1) is 0 Å². The molecule has 0 unspecified atom stereocenters. The van der Waals surface area contributed by atoms with E-state index in [4.69, 9.17) is 0 Å². The average Bonchev–Trinajstić information content (AvgIpc) is 2.73. The molecule has 3 heterocycles. The SMILES string of the molecule is Cn1ncc2ccc(CN3CCCCC3)nc21. The van der Waals surface area contributed by atoms with Crippen molar-refractivity contribution >= 4 is 11.0 Å². The monoisotopic (exact) mass is 230 g/mol. The van der Waals surface area contributed by atoms with E-state index in [0.29, 0.717) is 0 Å². The number of fused-ring (bicyclic) bond motifs is 1. The highest BCUT2D eigenvalue weighted by molar-refractivity contribution is 5.74. The molecule has 4 nitrogen and oxygen atoms in total. The van der Waals surface area contributed by atoms with E-state index in [1.54, 1.807) is 0 Å². The van der Waals surface area contributed by atoms with Crippen molar-refractivity contribution in [3.8, 4) is 0 Å². The van der Waals surface area contributed by atoms with E-state index in [-0.39, 0.29) is 0 Å². The van der Waals surface area contributed by atoms with Crippen LogP contribution in [0.2, 0.25) is 0 Å². The van der Waals surface area contributed by atoms with Crippen molar-refractivity contribution in [2.24, 2.45) is 7.05 Å². The summed E-state index contributed by atoms with van der Waals surface area (Å²) < 4.78 is 1.84. The Bertz CT molecular complexity index is 511. The number of likely N-dealkylation sites (tertiary alicyclic amines) is 1. The van der Waals surface area contributed by atoms with Crippen LogP contribution < -0.4 is 0 Å². The molecule has 17 heavy (non-hydrogen) atoms. The third kappa shape index (κ3) is 2.17. The average molecular weight is 230 g/mol. The van der Waals surface area contributed by atoms with Gasteiger partial charge in [0.2, 0.25) is 0 Å². The van der Waals surface area contributed by atoms with Gasteiger partial charge in [0, 0.05) is 19.0 Å². The van der Waals surface area contributed by atoms with Crippen molar-refractivity contribution in [1.82, 2.24) is 19.7 Å². The maximum atomic E-state index is 4.69. The molecular formula is C13H18N4. The van der Waals surface area contributed by atoms with Gasteiger partial charge in [0.15, 0.2) is 5.65 Å². The van der Waals surface area contributed by atoms with Crippen molar-refractivity contribution in [2.45, 2.75) is 25.8 Å². The lowest BCUT2D eigenvalue weighted by Crippen LogP contribution is -2.29. The van der Waals surface area contributed by atoms with Gasteiger partial charge in [0.25, 0.3) is 0 Å². The summed E-state index contributed by atoms with van der Waals surface area (Å²) >= 11 is 0. The quantitative estimate of drug-likeness (QED) is 0.790. The van der Waals surface area contributed by atoms with Gasteiger partial charge in [-0.05, 0) is 38.1 Å². The highest BCUT2D eigenvalue weighted by atomic mass is 15.3. The molecule has 2 aromatic heterocycles. The molecule has 1 saturated heterocycles. The lowest BCUT2D eigenvalue weighted by Gasteiger charge is -2.25. The summed E-state index contributed by atoms with van der Waals surface area (Å²) in [7, 11) is 1.94. The molecule has 1 aliphatic rings. The van der Waals surface area contributed by atoms with Crippen molar-refractivity contribution in [1.29, 1.82) is 0 Å². The van der Waals surface area contributed by atoms with E-state index in [2.05, 4.69) is 27.1 Å². The smallest absolute Gasteiger partial charge is 0.157 e. The molecule has 0 spiro atoms. The minimum Gasteiger partial charge on any atom is -0.298 e. The van der Waals surface area contributed by atoms with Crippen LogP contribution in [-0.2, 0) is 13.6 Å². The van der Waals surface area contributed by atoms with Crippen molar-refractivity contribution in [2.75, 3.05) is 13.1 Å². The van der Waals surface area contributed by atoms with Crippen LogP contribution >= 0.6 is 0 Å². The van der Waals surface area contributed by atoms with Crippen LogP contribution in [0.25, 0.3) is 11.0 Å². The molecule has 0 bridgehead atoms. The Kier molecular flexibility index (Phi) is 2.81. The molecule has 4 heteroatoms. The molecule has 90 valence electrons. The molecule has 0 N–H and O–H groups in total. The fourth-order valence-corrected chi connectivity index (χ4v) is 2.50. The summed E-state index contributed by atoms with van der Waals surface area (Å²) in [5, 5.41) is 5.34. The fraction of sp³-hybridized carbons (Fsp3) is 0.538. The van der Waals surface area contributed by atoms with Gasteiger partial charge >= 0.3 is 0 Å². The number of pyridine rings is 1. The van der Waals surface area contributed by atoms with E-state index >= 15 is 0 Å². The number of aromatic nitrogens is 3. The van der Waals surface area contributed by atoms with Crippen molar-refractivity contribution in [3.63, 3.8) is 0 Å². The van der Waals surface area contributed by atoms with E-state index in [1.807, 2.05) is 17.9 Å². The maximum absolute atomic E-state index is 4.69. The molecule has 0 saturated carbocycles. The molecule has 1 fully saturated rings. The first-order valence-electron chi connectivity index (χ1n) is 6.33. The summed E-state index contributed by atoms with van der Waals surface area (Å²) in [5.74, 6) is 0. The molecule has 0 aliphatic carbocycles. The van der Waals surface area contributed by atoms with Gasteiger partial charge in [-0.2, -0.15) is 5.10 Å². The first kappa shape index (κ1) is 10.7. The number of rotatable bonds is 2. The molecule has 0 radical (unpaired) electrons. The van der Waals surface area contributed by atoms with Crippen LogP contribution in [0.4, 0.5) is 0 Å². The molecule has 0 aromatic carbocycles. The van der Waals surface area contributed by atoms with Gasteiger partial charge in [-0.3, -0.25) is 9.58 Å². The molecule has 0 atom stereocenters. The second-order valence-electron chi connectivity index (χ2n) is 4.82. The minimum absolute atomic E-state index is 0.973. The number of hydrogen-bond donors (Lipinski definition) is 0. The Morgan fingerprint density at radius 2 is 2.00 bits per heavy atom. The third-order valence-corrected chi connectivity index (χ3v) is 3.47. The van der Waals surface area contributed by atoms with E-state index in [9.17, 15) is 0 Å². The van der Waals surface area contributed by atoms with Gasteiger partial charge < -0.3 is 0 Å². The predicted molar refractivity (Wildman–Crippen MR) is 67.6 cm³/mol. The van der Waals surface area contributed by atoms with Crippen LogP contribution in [0.3, 0.4) is 0 Å². The first-order valence-corrected chi connectivity index (χ1v) is 6.33. The van der Waals surface area contributed by atoms with Crippen LogP contribution in [0.15, 0.2) is 18.3 Å². The molecule has 2 aromatic rings. The van der Waals surface area contributed by atoms with Gasteiger partial charge in [-0.1, -0.05) is 6.42 Å². The van der Waals surface area contributed by atoms with Gasteiger partial charge in [0.05, 0.1) is 11.9 Å². The summed E-state index contributed by atoms with van der Waals surface area (Å²) in [6.07, 6.45) is 5.90. The zero-order valence-electron chi connectivity index (χ0n) is 10.3.